The molecule has 0 saturated carbocycles. The standard InChI is InChI=1S/C30H33FN4O5S/c1-4-17-41(39,40)35(16-15-34(2)3)24-12-10-23(11-13-24)32-29(21-7-5-20(6-8-21)18-27(36)37)28-25-14-9-22(31)19-26(25)33-30(28)38/h5-14,19,33,38H,4,15-18H2,1-3H3,(H,36,37). The number of aromatic hydroxyl groups is 1. The van der Waals surface area contributed by atoms with Crippen molar-refractivity contribution in [2.45, 2.75) is 19.8 Å². The topological polar surface area (TPSA) is 126 Å². The number of sulfonamides is 1. The van der Waals surface area contributed by atoms with E-state index < -0.39 is 21.8 Å². The van der Waals surface area contributed by atoms with E-state index in [9.17, 15) is 22.7 Å². The number of H-pyrrole nitrogens is 1. The minimum Gasteiger partial charge on any atom is -0.494 e. The Morgan fingerprint density at radius 3 is 2.29 bits per heavy atom. The Kier molecular flexibility index (Phi) is 9.09. The second kappa shape index (κ2) is 12.5. The summed E-state index contributed by atoms with van der Waals surface area (Å²) in [6.07, 6.45) is 0.354. The summed E-state index contributed by atoms with van der Waals surface area (Å²) in [6, 6.07) is 17.7. The molecule has 0 saturated heterocycles. The average molecular weight is 581 g/mol. The molecule has 0 bridgehead atoms. The molecular weight excluding hydrogens is 547 g/mol. The van der Waals surface area contributed by atoms with Gasteiger partial charge in [0.25, 0.3) is 0 Å². The molecule has 0 unspecified atom stereocenters. The number of nitrogens with one attached hydrogen (secondary N) is 1. The molecule has 41 heavy (non-hydrogen) atoms. The van der Waals surface area contributed by atoms with Gasteiger partial charge in [-0.1, -0.05) is 31.2 Å². The van der Waals surface area contributed by atoms with Crippen LogP contribution in [0.4, 0.5) is 15.8 Å². The van der Waals surface area contributed by atoms with Crippen LogP contribution in [0.5, 0.6) is 5.88 Å². The van der Waals surface area contributed by atoms with Gasteiger partial charge in [0.2, 0.25) is 10.0 Å². The van der Waals surface area contributed by atoms with Crippen molar-refractivity contribution < 1.29 is 27.8 Å². The highest BCUT2D eigenvalue weighted by atomic mass is 32.2. The van der Waals surface area contributed by atoms with Gasteiger partial charge in [0, 0.05) is 24.0 Å². The maximum atomic E-state index is 13.9. The number of rotatable bonds is 12. The number of carboxylic acids is 1. The molecule has 9 nitrogen and oxygen atoms in total. The van der Waals surface area contributed by atoms with Gasteiger partial charge in [-0.25, -0.2) is 17.8 Å². The summed E-state index contributed by atoms with van der Waals surface area (Å²) in [6.45, 7) is 2.67. The summed E-state index contributed by atoms with van der Waals surface area (Å²) in [5.41, 5.74) is 3.33. The van der Waals surface area contributed by atoms with Crippen molar-refractivity contribution in [3.05, 3.63) is 89.2 Å². The highest BCUT2D eigenvalue weighted by molar-refractivity contribution is 7.92. The molecule has 0 fully saturated rings. The normalized spacial score (nSPS) is 12.3. The van der Waals surface area contributed by atoms with Crippen LogP contribution in [0.25, 0.3) is 10.9 Å². The van der Waals surface area contributed by atoms with Crippen LogP contribution in [0, 0.1) is 5.82 Å². The average Bonchev–Trinajstić information content (AvgIpc) is 3.22. The van der Waals surface area contributed by atoms with Crippen LogP contribution in [-0.4, -0.2) is 73.1 Å². The number of benzene rings is 3. The molecule has 0 aliphatic heterocycles. The number of hydrogen-bond acceptors (Lipinski definition) is 6. The van der Waals surface area contributed by atoms with Crippen LogP contribution in [0.2, 0.25) is 0 Å². The quantitative estimate of drug-likeness (QED) is 0.204. The Bertz CT molecular complexity index is 1660. The molecule has 0 aliphatic carbocycles. The number of likely N-dealkylation sites (N-methyl/N-ethyl adjacent to an activating group) is 1. The lowest BCUT2D eigenvalue weighted by atomic mass is 9.99. The molecule has 4 aromatic rings. The molecule has 0 amide bonds. The first-order valence-electron chi connectivity index (χ1n) is 13.1. The fourth-order valence-corrected chi connectivity index (χ4v) is 6.06. The number of aliphatic imine (C=N–C) groups is 1. The zero-order chi connectivity index (χ0) is 29.7. The van der Waals surface area contributed by atoms with Crippen molar-refractivity contribution >= 4 is 44.0 Å². The number of fused-ring (bicyclic) bond motifs is 1. The number of nitrogens with zero attached hydrogens (tertiary/aromatic N) is 3. The number of aromatic amines is 1. The zero-order valence-electron chi connectivity index (χ0n) is 23.1. The second-order valence-electron chi connectivity index (χ2n) is 9.97. The second-order valence-corrected chi connectivity index (χ2v) is 12.0. The zero-order valence-corrected chi connectivity index (χ0v) is 23.9. The number of aromatic nitrogens is 1. The van der Waals surface area contributed by atoms with E-state index in [0.717, 1.165) is 0 Å². The van der Waals surface area contributed by atoms with Crippen LogP contribution < -0.4 is 4.31 Å². The predicted octanol–water partition coefficient (Wildman–Crippen LogP) is 4.92. The van der Waals surface area contributed by atoms with Crippen LogP contribution in [0.15, 0.2) is 71.7 Å². The summed E-state index contributed by atoms with van der Waals surface area (Å²) >= 11 is 0. The first-order valence-corrected chi connectivity index (χ1v) is 14.7. The van der Waals surface area contributed by atoms with Gasteiger partial charge >= 0.3 is 5.97 Å². The van der Waals surface area contributed by atoms with Gasteiger partial charge in [-0.3, -0.25) is 9.10 Å². The maximum absolute atomic E-state index is 13.9. The Morgan fingerprint density at radius 1 is 1.00 bits per heavy atom. The third kappa shape index (κ3) is 7.11. The minimum atomic E-state index is -3.52. The molecule has 0 radical (unpaired) electrons. The SMILES string of the molecule is CCCS(=O)(=O)N(CCN(C)C)c1ccc(N=C(c2ccc(CC(=O)O)cc2)c2c(O)[nH]c3cc(F)ccc23)cc1. The molecule has 3 aromatic carbocycles. The van der Waals surface area contributed by atoms with E-state index in [2.05, 4.69) is 4.98 Å². The van der Waals surface area contributed by atoms with E-state index in [4.69, 9.17) is 10.1 Å². The fraction of sp³-hybridized carbons (Fsp3) is 0.267. The van der Waals surface area contributed by atoms with Crippen molar-refractivity contribution in [2.75, 3.05) is 37.2 Å². The number of carbonyl (C=O) groups is 1. The summed E-state index contributed by atoms with van der Waals surface area (Å²) in [7, 11) is 0.243. The van der Waals surface area contributed by atoms with Gasteiger partial charge in [0.05, 0.1) is 40.3 Å². The number of aliphatic carboxylic acids is 1. The van der Waals surface area contributed by atoms with Crippen LogP contribution in [-0.2, 0) is 21.2 Å². The Balaban J connectivity index is 1.80. The lowest BCUT2D eigenvalue weighted by Crippen LogP contribution is -2.38. The summed E-state index contributed by atoms with van der Waals surface area (Å²) in [4.78, 5) is 20.7. The van der Waals surface area contributed by atoms with Gasteiger partial charge < -0.3 is 20.1 Å². The number of hydrogen-bond donors (Lipinski definition) is 3. The smallest absolute Gasteiger partial charge is 0.307 e. The van der Waals surface area contributed by atoms with Crippen LogP contribution in [0.1, 0.15) is 30.0 Å². The first-order chi connectivity index (χ1) is 19.5. The third-order valence-corrected chi connectivity index (χ3v) is 8.48. The van der Waals surface area contributed by atoms with Crippen molar-refractivity contribution in [1.82, 2.24) is 9.88 Å². The summed E-state index contributed by atoms with van der Waals surface area (Å²) in [5.74, 6) is -1.59. The molecular formula is C30H33FN4O5S. The van der Waals surface area contributed by atoms with Gasteiger partial charge in [-0.15, -0.1) is 0 Å². The number of halogens is 1. The van der Waals surface area contributed by atoms with Crippen molar-refractivity contribution in [3.8, 4) is 5.88 Å². The van der Waals surface area contributed by atoms with Gasteiger partial charge in [0.1, 0.15) is 5.82 Å². The maximum Gasteiger partial charge on any atom is 0.307 e. The summed E-state index contributed by atoms with van der Waals surface area (Å²) < 4.78 is 41.3. The molecule has 0 spiro atoms. The van der Waals surface area contributed by atoms with Crippen molar-refractivity contribution in [2.24, 2.45) is 4.99 Å². The van der Waals surface area contributed by atoms with Crippen LogP contribution in [0.3, 0.4) is 0 Å². The van der Waals surface area contributed by atoms with Crippen molar-refractivity contribution in [3.63, 3.8) is 0 Å². The predicted molar refractivity (Wildman–Crippen MR) is 159 cm³/mol. The Labute approximate surface area is 238 Å². The fourth-order valence-electron chi connectivity index (χ4n) is 4.53. The Hall–Kier alpha value is -4.22. The highest BCUT2D eigenvalue weighted by Gasteiger charge is 2.22. The molecule has 216 valence electrons. The third-order valence-electron chi connectivity index (χ3n) is 6.49. The van der Waals surface area contributed by atoms with E-state index in [1.54, 1.807) is 54.6 Å². The van der Waals surface area contributed by atoms with Gasteiger partial charge in [-0.05, 0) is 68.5 Å². The lowest BCUT2D eigenvalue weighted by Gasteiger charge is -2.26. The van der Waals surface area contributed by atoms with Crippen LogP contribution >= 0.6 is 0 Å². The van der Waals surface area contributed by atoms with Crippen molar-refractivity contribution in [1.29, 1.82) is 0 Å². The van der Waals surface area contributed by atoms with Gasteiger partial charge in [0.15, 0.2) is 5.88 Å². The van der Waals surface area contributed by atoms with Gasteiger partial charge in [-0.2, -0.15) is 0 Å². The van der Waals surface area contributed by atoms with E-state index in [1.807, 2.05) is 25.9 Å². The molecule has 0 aliphatic rings. The highest BCUT2D eigenvalue weighted by Crippen LogP contribution is 2.32. The molecule has 3 N–H and O–H groups in total. The molecule has 4 rings (SSSR count). The number of carboxylic acid groups (broad SMARTS) is 1. The molecule has 1 heterocycles. The molecule has 1 aromatic heterocycles. The summed E-state index contributed by atoms with van der Waals surface area (Å²) in [5, 5.41) is 20.5. The minimum absolute atomic E-state index is 0.0305. The van der Waals surface area contributed by atoms with E-state index in [-0.39, 0.29) is 18.1 Å². The van der Waals surface area contributed by atoms with E-state index >= 15 is 0 Å². The molecule has 0 atom stereocenters. The monoisotopic (exact) mass is 580 g/mol. The van der Waals surface area contributed by atoms with E-state index in [1.165, 1.54) is 16.4 Å². The largest absolute Gasteiger partial charge is 0.494 e. The number of anilines is 1. The Morgan fingerprint density at radius 2 is 1.68 bits per heavy atom. The first kappa shape index (κ1) is 29.8. The molecule has 11 heteroatoms. The lowest BCUT2D eigenvalue weighted by molar-refractivity contribution is -0.136. The van der Waals surface area contributed by atoms with E-state index in [0.29, 0.717) is 64.2 Å².